The molecule has 0 saturated carbocycles. The van der Waals surface area contributed by atoms with Crippen LogP contribution in [0.4, 0.5) is 10.2 Å². The van der Waals surface area contributed by atoms with Crippen molar-refractivity contribution in [2.24, 2.45) is 0 Å². The molecule has 1 aromatic heterocycles. The first-order valence-corrected chi connectivity index (χ1v) is 9.18. The topological polar surface area (TPSA) is 87.6 Å². The Morgan fingerprint density at radius 2 is 2.33 bits per heavy atom. The van der Waals surface area contributed by atoms with Gasteiger partial charge in [0, 0.05) is 23.8 Å². The number of halogens is 1. The lowest BCUT2D eigenvalue weighted by Crippen LogP contribution is -2.48. The van der Waals surface area contributed by atoms with Crippen molar-refractivity contribution in [1.82, 2.24) is 4.98 Å². The Labute approximate surface area is 126 Å². The zero-order valence-electron chi connectivity index (χ0n) is 11.3. The van der Waals surface area contributed by atoms with Gasteiger partial charge in [0.1, 0.15) is 22.6 Å². The van der Waals surface area contributed by atoms with Crippen molar-refractivity contribution in [3.8, 4) is 0 Å². The van der Waals surface area contributed by atoms with Gasteiger partial charge in [0.25, 0.3) is 0 Å². The second kappa shape index (κ2) is 6.18. The first kappa shape index (κ1) is 16.0. The SMILES string of the molecule is CCS(=O)(=O)C1CSCCN1c1ncc(F)cc1C(=O)O. The Bertz CT molecular complexity index is 651. The summed E-state index contributed by atoms with van der Waals surface area (Å²) in [7, 11) is -3.39. The van der Waals surface area contributed by atoms with Crippen molar-refractivity contribution >= 4 is 33.4 Å². The Hall–Kier alpha value is -1.35. The van der Waals surface area contributed by atoms with Gasteiger partial charge >= 0.3 is 5.97 Å². The van der Waals surface area contributed by atoms with Crippen LogP contribution in [0.15, 0.2) is 12.3 Å². The summed E-state index contributed by atoms with van der Waals surface area (Å²) in [5, 5.41) is 8.34. The number of aromatic nitrogens is 1. The molecule has 1 aromatic rings. The summed E-state index contributed by atoms with van der Waals surface area (Å²) in [6.45, 7) is 1.90. The second-order valence-corrected chi connectivity index (χ2v) is 8.10. The first-order chi connectivity index (χ1) is 9.86. The van der Waals surface area contributed by atoms with E-state index in [0.29, 0.717) is 18.1 Å². The van der Waals surface area contributed by atoms with Crippen molar-refractivity contribution in [2.75, 3.05) is 28.7 Å². The summed E-state index contributed by atoms with van der Waals surface area (Å²) >= 11 is 1.49. The van der Waals surface area contributed by atoms with E-state index >= 15 is 0 Å². The molecule has 116 valence electrons. The van der Waals surface area contributed by atoms with Gasteiger partial charge in [-0.25, -0.2) is 22.6 Å². The molecule has 1 atom stereocenters. The maximum absolute atomic E-state index is 13.2. The van der Waals surface area contributed by atoms with Gasteiger partial charge in [0.15, 0.2) is 9.84 Å². The molecule has 0 amide bonds. The number of sulfone groups is 1. The van der Waals surface area contributed by atoms with Crippen molar-refractivity contribution in [2.45, 2.75) is 12.3 Å². The van der Waals surface area contributed by atoms with Crippen LogP contribution in [0.25, 0.3) is 0 Å². The van der Waals surface area contributed by atoms with Crippen LogP contribution in [-0.4, -0.2) is 53.7 Å². The van der Waals surface area contributed by atoms with Crippen LogP contribution in [0.1, 0.15) is 17.3 Å². The molecule has 0 bridgehead atoms. The van der Waals surface area contributed by atoms with Crippen LogP contribution in [0, 0.1) is 5.82 Å². The Balaban J connectivity index is 2.50. The number of hydrogen-bond acceptors (Lipinski definition) is 6. The zero-order valence-corrected chi connectivity index (χ0v) is 13.0. The zero-order chi connectivity index (χ0) is 15.6. The van der Waals surface area contributed by atoms with Crippen molar-refractivity contribution < 1.29 is 22.7 Å². The predicted molar refractivity (Wildman–Crippen MR) is 79.1 cm³/mol. The van der Waals surface area contributed by atoms with E-state index < -0.39 is 27.0 Å². The molecule has 21 heavy (non-hydrogen) atoms. The van der Waals surface area contributed by atoms with Gasteiger partial charge in [-0.15, -0.1) is 0 Å². The van der Waals surface area contributed by atoms with Gasteiger partial charge < -0.3 is 10.0 Å². The molecule has 2 heterocycles. The normalized spacial score (nSPS) is 19.5. The second-order valence-electron chi connectivity index (χ2n) is 4.50. The highest BCUT2D eigenvalue weighted by Crippen LogP contribution is 2.28. The average molecular weight is 334 g/mol. The smallest absolute Gasteiger partial charge is 0.339 e. The predicted octanol–water partition coefficient (Wildman–Crippen LogP) is 1.23. The Morgan fingerprint density at radius 1 is 1.62 bits per heavy atom. The molecule has 0 aliphatic carbocycles. The number of carbonyl (C=O) groups is 1. The van der Waals surface area contributed by atoms with E-state index in [9.17, 15) is 22.7 Å². The molecule has 1 aliphatic heterocycles. The van der Waals surface area contributed by atoms with E-state index in [1.54, 1.807) is 6.92 Å². The number of aromatic carboxylic acids is 1. The van der Waals surface area contributed by atoms with Crippen LogP contribution >= 0.6 is 11.8 Å². The van der Waals surface area contributed by atoms with E-state index in [4.69, 9.17) is 0 Å². The highest BCUT2D eigenvalue weighted by molar-refractivity contribution is 8.01. The third kappa shape index (κ3) is 3.29. The fraction of sp³-hybridized carbons (Fsp3) is 0.500. The third-order valence-electron chi connectivity index (χ3n) is 3.24. The molecule has 0 radical (unpaired) electrons. The molecule has 1 N–H and O–H groups in total. The molecule has 1 aliphatic rings. The number of rotatable bonds is 4. The molecule has 6 nitrogen and oxygen atoms in total. The van der Waals surface area contributed by atoms with Gasteiger partial charge in [-0.1, -0.05) is 6.92 Å². The van der Waals surface area contributed by atoms with Crippen LogP contribution in [0.2, 0.25) is 0 Å². The summed E-state index contributed by atoms with van der Waals surface area (Å²) in [6, 6.07) is 0.863. The summed E-state index contributed by atoms with van der Waals surface area (Å²) in [5.74, 6) is -1.13. The van der Waals surface area contributed by atoms with Crippen molar-refractivity contribution in [3.05, 3.63) is 23.6 Å². The number of pyridine rings is 1. The first-order valence-electron chi connectivity index (χ1n) is 6.31. The lowest BCUT2D eigenvalue weighted by atomic mass is 10.2. The van der Waals surface area contributed by atoms with Crippen LogP contribution in [-0.2, 0) is 9.84 Å². The van der Waals surface area contributed by atoms with Gasteiger partial charge in [0.05, 0.1) is 6.20 Å². The minimum absolute atomic E-state index is 0.00576. The molecule has 0 spiro atoms. The van der Waals surface area contributed by atoms with Gasteiger partial charge in [0.2, 0.25) is 0 Å². The third-order valence-corrected chi connectivity index (χ3v) is 6.53. The van der Waals surface area contributed by atoms with E-state index in [0.717, 1.165) is 12.3 Å². The number of carboxylic acids is 1. The quantitative estimate of drug-likeness (QED) is 0.886. The fourth-order valence-electron chi connectivity index (χ4n) is 2.13. The highest BCUT2D eigenvalue weighted by Gasteiger charge is 2.35. The molecule has 1 unspecified atom stereocenters. The molecule has 2 rings (SSSR count). The van der Waals surface area contributed by atoms with Crippen LogP contribution < -0.4 is 4.90 Å². The summed E-state index contributed by atoms with van der Waals surface area (Å²) in [5.41, 5.74) is -0.321. The van der Waals surface area contributed by atoms with E-state index in [-0.39, 0.29) is 17.1 Å². The number of hydrogen-bond donors (Lipinski definition) is 1. The highest BCUT2D eigenvalue weighted by atomic mass is 32.2. The van der Waals surface area contributed by atoms with Crippen molar-refractivity contribution in [1.29, 1.82) is 0 Å². The maximum atomic E-state index is 13.2. The largest absolute Gasteiger partial charge is 0.478 e. The summed E-state index contributed by atoms with van der Waals surface area (Å²) < 4.78 is 37.6. The Kier molecular flexibility index (Phi) is 4.72. The number of carboxylic acid groups (broad SMARTS) is 1. The lowest BCUT2D eigenvalue weighted by molar-refractivity contribution is 0.0696. The van der Waals surface area contributed by atoms with Crippen LogP contribution in [0.5, 0.6) is 0 Å². The van der Waals surface area contributed by atoms with E-state index in [2.05, 4.69) is 4.98 Å². The number of anilines is 1. The standard InChI is InChI=1S/C12H15FN2O4S2/c1-2-21(18,19)10-7-20-4-3-15(10)11-9(12(16)17)5-8(13)6-14-11/h5-6,10H,2-4,7H2,1H3,(H,16,17). The van der Waals surface area contributed by atoms with E-state index in [1.807, 2.05) is 0 Å². The Morgan fingerprint density at radius 3 is 2.95 bits per heavy atom. The van der Waals surface area contributed by atoms with Crippen molar-refractivity contribution in [3.63, 3.8) is 0 Å². The minimum atomic E-state index is -3.39. The van der Waals surface area contributed by atoms with Gasteiger partial charge in [-0.2, -0.15) is 11.8 Å². The number of thioether (sulfide) groups is 1. The molecule has 1 saturated heterocycles. The summed E-state index contributed by atoms with van der Waals surface area (Å²) in [4.78, 5) is 16.5. The van der Waals surface area contributed by atoms with Gasteiger partial charge in [-0.3, -0.25) is 0 Å². The number of nitrogens with zero attached hydrogens (tertiary/aromatic N) is 2. The van der Waals surface area contributed by atoms with Crippen LogP contribution in [0.3, 0.4) is 0 Å². The minimum Gasteiger partial charge on any atom is -0.478 e. The summed E-state index contributed by atoms with van der Waals surface area (Å²) in [6.07, 6.45) is 0.902. The van der Waals surface area contributed by atoms with Gasteiger partial charge in [-0.05, 0) is 6.07 Å². The fourth-order valence-corrected chi connectivity index (χ4v) is 5.10. The molecule has 0 aromatic carbocycles. The lowest BCUT2D eigenvalue weighted by Gasteiger charge is -2.36. The molecule has 1 fully saturated rings. The monoisotopic (exact) mass is 334 g/mol. The maximum Gasteiger partial charge on any atom is 0.339 e. The average Bonchev–Trinajstić information content (AvgIpc) is 2.47. The van der Waals surface area contributed by atoms with E-state index in [1.165, 1.54) is 16.7 Å². The molecular formula is C12H15FN2O4S2. The molecule has 9 heteroatoms. The molecular weight excluding hydrogens is 319 g/mol.